The van der Waals surface area contributed by atoms with Gasteiger partial charge < -0.3 is 0 Å². The number of fused-ring (bicyclic) bond motifs is 2. The van der Waals surface area contributed by atoms with Crippen LogP contribution >= 0.6 is 0 Å². The van der Waals surface area contributed by atoms with E-state index in [0.717, 1.165) is 16.0 Å². The van der Waals surface area contributed by atoms with Crippen molar-refractivity contribution >= 4 is 27.9 Å². The molecule has 168 valence electrons. The molecule has 0 radical (unpaired) electrons. The number of alkyl halides is 3. The maximum atomic E-state index is 13.2. The van der Waals surface area contributed by atoms with Crippen LogP contribution in [0.4, 0.5) is 13.2 Å². The minimum absolute atomic E-state index is 0.124. The van der Waals surface area contributed by atoms with Gasteiger partial charge in [0.2, 0.25) is 0 Å². The molecule has 0 bridgehead atoms. The predicted molar refractivity (Wildman–Crippen MR) is 118 cm³/mol. The average molecular weight is 530 g/mol. The summed E-state index contributed by atoms with van der Waals surface area (Å²) in [5.74, 6) is -1.67. The van der Waals surface area contributed by atoms with Gasteiger partial charge in [-0.15, -0.1) is 0 Å². The number of halogens is 3. The van der Waals surface area contributed by atoms with Crippen molar-refractivity contribution in [2.75, 3.05) is 0 Å². The van der Waals surface area contributed by atoms with E-state index in [0.29, 0.717) is 12.8 Å². The van der Waals surface area contributed by atoms with Gasteiger partial charge >= 0.3 is 184 Å². The molecule has 1 aliphatic heterocycles. The van der Waals surface area contributed by atoms with Crippen LogP contribution in [0.5, 0.6) is 0 Å². The minimum atomic E-state index is -4.80. The van der Waals surface area contributed by atoms with E-state index < -0.39 is 36.0 Å². The van der Waals surface area contributed by atoms with Crippen LogP contribution in [0.1, 0.15) is 83.3 Å². The number of carbonyl (C=O) groups excluding carboxylic acids is 1. The van der Waals surface area contributed by atoms with Crippen LogP contribution < -0.4 is 3.58 Å². The normalized spacial score (nSPS) is 17.5. The molecule has 0 saturated heterocycles. The summed E-state index contributed by atoms with van der Waals surface area (Å²) in [6, 6.07) is 6.60. The van der Waals surface area contributed by atoms with Gasteiger partial charge in [0, 0.05) is 0 Å². The fraction of sp³-hybridized carbons (Fsp3) is 0.708. The van der Waals surface area contributed by atoms with E-state index in [-0.39, 0.29) is 6.54 Å². The first-order valence-electron chi connectivity index (χ1n) is 11.8. The average Bonchev–Trinajstić information content (AvgIpc) is 3.45. The summed E-state index contributed by atoms with van der Waals surface area (Å²) in [6.07, 6.45) is 3.84. The number of benzene rings is 1. The van der Waals surface area contributed by atoms with E-state index in [1.807, 2.05) is 0 Å². The zero-order valence-corrected chi connectivity index (χ0v) is 21.6. The first-order valence-corrected chi connectivity index (χ1v) is 19.2. The number of nitrogens with zero attached hydrogens (tertiary/aromatic N) is 1. The van der Waals surface area contributed by atoms with E-state index in [4.69, 9.17) is 0 Å². The van der Waals surface area contributed by atoms with Crippen molar-refractivity contribution in [2.45, 2.75) is 104 Å². The molecule has 2 nitrogen and oxygen atoms in total. The van der Waals surface area contributed by atoms with Crippen LogP contribution in [-0.2, 0) is 16.9 Å². The number of unbranched alkanes of at least 4 members (excludes halogenated alkanes) is 3. The van der Waals surface area contributed by atoms with Crippen molar-refractivity contribution in [3.05, 3.63) is 29.3 Å². The maximum absolute atomic E-state index is 13.2. The molecule has 1 aromatic carbocycles. The fourth-order valence-corrected chi connectivity index (χ4v) is 21.5. The molecule has 1 saturated carbocycles. The van der Waals surface area contributed by atoms with Gasteiger partial charge in [-0.1, -0.05) is 0 Å². The summed E-state index contributed by atoms with van der Waals surface area (Å²) in [5, 5.41) is 0. The Bertz CT molecular complexity index is 736. The standard InChI is InChI=1S/C12H9F3NO.3C4H9.Sn/c13-12(14,15)10(17)16-7-8-3-1-2-4-9(8)11(16)5-6-11;3*1-3-4-2;/h2-4H,5-7H2;3*1,3-4H2,2H3;. The van der Waals surface area contributed by atoms with Crippen LogP contribution in [0.3, 0.4) is 0 Å². The van der Waals surface area contributed by atoms with Crippen LogP contribution in [0.2, 0.25) is 13.3 Å². The zero-order chi connectivity index (χ0) is 22.0. The second kappa shape index (κ2) is 9.41. The monoisotopic (exact) mass is 531 g/mol. The molecule has 2 aliphatic rings. The third-order valence-corrected chi connectivity index (χ3v) is 22.9. The number of rotatable bonds is 10. The van der Waals surface area contributed by atoms with Crippen LogP contribution in [-0.4, -0.2) is 35.4 Å². The number of amides is 1. The Labute approximate surface area is 183 Å². The quantitative estimate of drug-likeness (QED) is 0.311. The summed E-state index contributed by atoms with van der Waals surface area (Å²) in [7, 11) is 0. The van der Waals surface area contributed by atoms with Gasteiger partial charge in [0.15, 0.2) is 0 Å². The SMILES string of the molecule is CCC[CH2][Sn]([CH2]CCC)([CH2]CCC)[c]1ccc2c(c1)CN(C(=O)C(F)(F)F)C21CC1. The topological polar surface area (TPSA) is 20.3 Å². The Morgan fingerprint density at radius 3 is 1.97 bits per heavy atom. The van der Waals surface area contributed by atoms with Crippen molar-refractivity contribution in [3.63, 3.8) is 0 Å². The van der Waals surface area contributed by atoms with Crippen molar-refractivity contribution < 1.29 is 18.0 Å². The van der Waals surface area contributed by atoms with E-state index in [9.17, 15) is 18.0 Å². The van der Waals surface area contributed by atoms with Gasteiger partial charge in [0.25, 0.3) is 0 Å². The van der Waals surface area contributed by atoms with E-state index in [1.165, 1.54) is 55.4 Å². The van der Waals surface area contributed by atoms with Crippen molar-refractivity contribution in [2.24, 2.45) is 0 Å². The molecule has 1 spiro atoms. The van der Waals surface area contributed by atoms with Crippen molar-refractivity contribution in [1.82, 2.24) is 4.90 Å². The number of carbonyl (C=O) groups is 1. The summed E-state index contributed by atoms with van der Waals surface area (Å²) in [4.78, 5) is 13.2. The van der Waals surface area contributed by atoms with E-state index in [2.05, 4.69) is 39.0 Å². The Balaban J connectivity index is 1.96. The van der Waals surface area contributed by atoms with Gasteiger partial charge in [-0.25, -0.2) is 0 Å². The number of hydrogen-bond donors (Lipinski definition) is 0. The molecule has 30 heavy (non-hydrogen) atoms. The van der Waals surface area contributed by atoms with Gasteiger partial charge in [-0.2, -0.15) is 0 Å². The van der Waals surface area contributed by atoms with E-state index in [1.54, 1.807) is 0 Å². The predicted octanol–water partition coefficient (Wildman–Crippen LogP) is 6.64. The van der Waals surface area contributed by atoms with Gasteiger partial charge in [-0.05, 0) is 0 Å². The van der Waals surface area contributed by atoms with Crippen molar-refractivity contribution in [3.8, 4) is 0 Å². The first kappa shape index (κ1) is 23.9. The molecule has 0 aromatic heterocycles. The van der Waals surface area contributed by atoms with E-state index >= 15 is 0 Å². The van der Waals surface area contributed by atoms with Gasteiger partial charge in [0.1, 0.15) is 0 Å². The molecule has 6 heteroatoms. The van der Waals surface area contributed by atoms with Gasteiger partial charge in [-0.3, -0.25) is 0 Å². The van der Waals surface area contributed by atoms with Crippen LogP contribution in [0, 0.1) is 0 Å². The second-order valence-corrected chi connectivity index (χ2v) is 22.6. The van der Waals surface area contributed by atoms with Gasteiger partial charge in [0.05, 0.1) is 0 Å². The molecule has 1 aromatic rings. The molecule has 1 heterocycles. The summed E-state index contributed by atoms with van der Waals surface area (Å²) in [5.41, 5.74) is 1.27. The third-order valence-electron chi connectivity index (χ3n) is 7.30. The summed E-state index contributed by atoms with van der Waals surface area (Å²) in [6.45, 7) is 6.86. The van der Waals surface area contributed by atoms with Crippen LogP contribution in [0.15, 0.2) is 18.2 Å². The summed E-state index contributed by atoms with van der Waals surface area (Å²) < 4.78 is 45.1. The second-order valence-electron chi connectivity index (χ2n) is 9.38. The molecule has 1 aliphatic carbocycles. The molecule has 0 N–H and O–H groups in total. The fourth-order valence-electron chi connectivity index (χ4n) is 5.41. The Hall–Kier alpha value is -0.721. The Kier molecular flexibility index (Phi) is 7.51. The molecular weight excluding hydrogens is 494 g/mol. The molecule has 0 unspecified atom stereocenters. The zero-order valence-electron chi connectivity index (χ0n) is 18.7. The third kappa shape index (κ3) is 4.56. The Morgan fingerprint density at radius 2 is 1.53 bits per heavy atom. The number of hydrogen-bond acceptors (Lipinski definition) is 1. The Morgan fingerprint density at radius 1 is 1.00 bits per heavy atom. The summed E-state index contributed by atoms with van der Waals surface area (Å²) >= 11 is -2.64. The molecule has 1 amide bonds. The molecule has 3 rings (SSSR count). The molecule has 1 fully saturated rings. The molecule has 0 atom stereocenters. The van der Waals surface area contributed by atoms with Crippen molar-refractivity contribution in [1.29, 1.82) is 0 Å². The molecular formula is C24H36F3NOSn. The first-order chi connectivity index (χ1) is 14.2. The van der Waals surface area contributed by atoms with Crippen LogP contribution in [0.25, 0.3) is 0 Å².